The highest BCUT2D eigenvalue weighted by atomic mass is 15.1. The van der Waals surface area contributed by atoms with Crippen molar-refractivity contribution in [3.8, 4) is 0 Å². The molecule has 2 heteroatoms. The van der Waals surface area contributed by atoms with Crippen LogP contribution in [-0.4, -0.2) is 38.1 Å². The standard InChI is InChI=1S/C12H26N2.H2/c1-4-11(2)9-13-10-12-5-7-14(3)8-6-12;/h11-13H,4-10H2,1-3H3;1H. The van der Waals surface area contributed by atoms with Gasteiger partial charge in [0.1, 0.15) is 0 Å². The number of hydrogen-bond acceptors (Lipinski definition) is 2. The Hall–Kier alpha value is -0.0800. The van der Waals surface area contributed by atoms with E-state index in [9.17, 15) is 0 Å². The second-order valence-corrected chi connectivity index (χ2v) is 4.92. The maximum absolute atomic E-state index is 3.60. The van der Waals surface area contributed by atoms with Crippen LogP contribution >= 0.6 is 0 Å². The fourth-order valence-electron chi connectivity index (χ4n) is 1.94. The molecule has 1 aliphatic heterocycles. The van der Waals surface area contributed by atoms with Gasteiger partial charge in [-0.25, -0.2) is 0 Å². The Labute approximate surface area is 90.5 Å². The first-order valence-electron chi connectivity index (χ1n) is 6.11. The van der Waals surface area contributed by atoms with Crippen LogP contribution in [0.15, 0.2) is 0 Å². The number of piperidine rings is 1. The minimum absolute atomic E-state index is 0. The van der Waals surface area contributed by atoms with Crippen LogP contribution in [0.25, 0.3) is 0 Å². The molecule has 1 N–H and O–H groups in total. The number of likely N-dealkylation sites (tertiary alicyclic amines) is 1. The van der Waals surface area contributed by atoms with Crippen LogP contribution in [0.3, 0.4) is 0 Å². The minimum Gasteiger partial charge on any atom is -0.316 e. The molecule has 2 nitrogen and oxygen atoms in total. The zero-order valence-electron chi connectivity index (χ0n) is 10.1. The molecular formula is C12H28N2. The minimum atomic E-state index is 0. The van der Waals surface area contributed by atoms with E-state index in [0.29, 0.717) is 0 Å². The van der Waals surface area contributed by atoms with Gasteiger partial charge < -0.3 is 10.2 Å². The summed E-state index contributed by atoms with van der Waals surface area (Å²) in [7, 11) is 2.23. The van der Waals surface area contributed by atoms with E-state index in [1.54, 1.807) is 0 Å². The Morgan fingerprint density at radius 3 is 2.64 bits per heavy atom. The SMILES string of the molecule is CCC(C)CNCC1CCN(C)CC1.[HH]. The molecule has 0 spiro atoms. The maximum atomic E-state index is 3.60. The Morgan fingerprint density at radius 2 is 2.07 bits per heavy atom. The number of hydrogen-bond donors (Lipinski definition) is 1. The third-order valence-corrected chi connectivity index (χ3v) is 3.46. The molecule has 1 saturated heterocycles. The summed E-state index contributed by atoms with van der Waals surface area (Å²) in [6.45, 7) is 9.59. The second kappa shape index (κ2) is 6.41. The average molecular weight is 200 g/mol. The van der Waals surface area contributed by atoms with Gasteiger partial charge in [0.05, 0.1) is 0 Å². The van der Waals surface area contributed by atoms with E-state index < -0.39 is 0 Å². The first-order valence-corrected chi connectivity index (χ1v) is 6.11. The van der Waals surface area contributed by atoms with Crippen LogP contribution in [0.1, 0.15) is 34.5 Å². The summed E-state index contributed by atoms with van der Waals surface area (Å²) in [6, 6.07) is 0. The molecule has 0 amide bonds. The predicted molar refractivity (Wildman–Crippen MR) is 64.7 cm³/mol. The zero-order chi connectivity index (χ0) is 10.4. The summed E-state index contributed by atoms with van der Waals surface area (Å²) >= 11 is 0. The Morgan fingerprint density at radius 1 is 1.43 bits per heavy atom. The summed E-state index contributed by atoms with van der Waals surface area (Å²) in [6.07, 6.45) is 4.05. The Kier molecular flexibility index (Phi) is 5.49. The predicted octanol–water partition coefficient (Wildman–Crippen LogP) is 2.21. The van der Waals surface area contributed by atoms with Crippen molar-refractivity contribution in [2.45, 2.75) is 33.1 Å². The summed E-state index contributed by atoms with van der Waals surface area (Å²) in [5, 5.41) is 3.60. The molecule has 1 rings (SSSR count). The topological polar surface area (TPSA) is 15.3 Å². The van der Waals surface area contributed by atoms with Gasteiger partial charge in [-0.2, -0.15) is 0 Å². The average Bonchev–Trinajstić information content (AvgIpc) is 2.21. The van der Waals surface area contributed by atoms with Crippen molar-refractivity contribution in [1.82, 2.24) is 10.2 Å². The van der Waals surface area contributed by atoms with Crippen molar-refractivity contribution in [1.29, 1.82) is 0 Å². The molecule has 0 aromatic rings. The van der Waals surface area contributed by atoms with Crippen LogP contribution in [-0.2, 0) is 0 Å². The fraction of sp³-hybridized carbons (Fsp3) is 1.00. The Bertz CT molecular complexity index is 145. The third kappa shape index (κ3) is 4.43. The van der Waals surface area contributed by atoms with Gasteiger partial charge >= 0.3 is 0 Å². The van der Waals surface area contributed by atoms with E-state index >= 15 is 0 Å². The highest BCUT2D eigenvalue weighted by Crippen LogP contribution is 2.14. The van der Waals surface area contributed by atoms with Gasteiger partial charge in [0.2, 0.25) is 0 Å². The van der Waals surface area contributed by atoms with Gasteiger partial charge in [-0.3, -0.25) is 0 Å². The van der Waals surface area contributed by atoms with Crippen molar-refractivity contribution in [3.63, 3.8) is 0 Å². The van der Waals surface area contributed by atoms with Crippen molar-refractivity contribution >= 4 is 0 Å². The molecule has 0 bridgehead atoms. The van der Waals surface area contributed by atoms with E-state index in [1.165, 1.54) is 45.4 Å². The van der Waals surface area contributed by atoms with Crippen LogP contribution < -0.4 is 5.32 Å². The maximum Gasteiger partial charge on any atom is 0 e. The summed E-state index contributed by atoms with van der Waals surface area (Å²) in [4.78, 5) is 2.44. The number of rotatable bonds is 5. The lowest BCUT2D eigenvalue weighted by Gasteiger charge is -2.29. The van der Waals surface area contributed by atoms with E-state index in [0.717, 1.165) is 11.8 Å². The lowest BCUT2D eigenvalue weighted by molar-refractivity contribution is 0.214. The van der Waals surface area contributed by atoms with Crippen LogP contribution in [0.4, 0.5) is 0 Å². The number of nitrogens with zero attached hydrogens (tertiary/aromatic N) is 1. The third-order valence-electron chi connectivity index (χ3n) is 3.46. The van der Waals surface area contributed by atoms with Gasteiger partial charge in [0.25, 0.3) is 0 Å². The van der Waals surface area contributed by atoms with Gasteiger partial charge in [-0.1, -0.05) is 20.3 Å². The van der Waals surface area contributed by atoms with Crippen molar-refractivity contribution in [3.05, 3.63) is 0 Å². The molecule has 1 atom stereocenters. The highest BCUT2D eigenvalue weighted by Gasteiger charge is 2.15. The van der Waals surface area contributed by atoms with Crippen LogP contribution in [0.5, 0.6) is 0 Å². The van der Waals surface area contributed by atoms with Crippen molar-refractivity contribution in [2.24, 2.45) is 11.8 Å². The fourth-order valence-corrected chi connectivity index (χ4v) is 1.94. The molecular weight excluding hydrogens is 172 g/mol. The quantitative estimate of drug-likeness (QED) is 0.732. The zero-order valence-corrected chi connectivity index (χ0v) is 10.1. The molecule has 1 unspecified atom stereocenters. The molecule has 0 radical (unpaired) electrons. The molecule has 0 aliphatic carbocycles. The van der Waals surface area contributed by atoms with Crippen molar-refractivity contribution in [2.75, 3.05) is 33.2 Å². The molecule has 0 saturated carbocycles. The normalized spacial score (nSPS) is 22.5. The van der Waals surface area contributed by atoms with E-state index in [1.807, 2.05) is 0 Å². The smallest absolute Gasteiger partial charge is 0 e. The highest BCUT2D eigenvalue weighted by molar-refractivity contribution is 4.72. The van der Waals surface area contributed by atoms with Gasteiger partial charge in [0, 0.05) is 1.43 Å². The van der Waals surface area contributed by atoms with Crippen LogP contribution in [0, 0.1) is 11.8 Å². The lowest BCUT2D eigenvalue weighted by Crippen LogP contribution is -2.36. The summed E-state index contributed by atoms with van der Waals surface area (Å²) < 4.78 is 0. The molecule has 1 fully saturated rings. The summed E-state index contributed by atoms with van der Waals surface area (Å²) in [5.41, 5.74) is 0. The largest absolute Gasteiger partial charge is 0.316 e. The molecule has 1 heterocycles. The van der Waals surface area contributed by atoms with Crippen LogP contribution in [0.2, 0.25) is 0 Å². The molecule has 14 heavy (non-hydrogen) atoms. The van der Waals surface area contributed by atoms with E-state index in [4.69, 9.17) is 0 Å². The van der Waals surface area contributed by atoms with Gasteiger partial charge in [0.15, 0.2) is 0 Å². The monoisotopic (exact) mass is 200 g/mol. The summed E-state index contributed by atoms with van der Waals surface area (Å²) in [5.74, 6) is 1.76. The first kappa shape index (κ1) is 12.0. The Balaban J connectivity index is 0.00000196. The molecule has 1 aliphatic rings. The van der Waals surface area contributed by atoms with Crippen molar-refractivity contribution < 1.29 is 1.43 Å². The van der Waals surface area contributed by atoms with Gasteiger partial charge in [-0.15, -0.1) is 0 Å². The van der Waals surface area contributed by atoms with E-state index in [2.05, 4.69) is 31.1 Å². The number of nitrogens with one attached hydrogen (secondary N) is 1. The molecule has 0 aromatic heterocycles. The lowest BCUT2D eigenvalue weighted by atomic mass is 9.97. The first-order chi connectivity index (χ1) is 6.72. The second-order valence-electron chi connectivity index (χ2n) is 4.92. The molecule has 0 aromatic carbocycles. The molecule has 86 valence electrons. The van der Waals surface area contributed by atoms with Gasteiger partial charge in [-0.05, 0) is 57.9 Å². The van der Waals surface area contributed by atoms with E-state index in [-0.39, 0.29) is 1.43 Å².